The van der Waals surface area contributed by atoms with Gasteiger partial charge in [-0.15, -0.1) is 0 Å². The fourth-order valence-corrected chi connectivity index (χ4v) is 6.92. The summed E-state index contributed by atoms with van der Waals surface area (Å²) >= 11 is 0. The summed E-state index contributed by atoms with van der Waals surface area (Å²) in [5.41, 5.74) is 8.83. The van der Waals surface area contributed by atoms with E-state index in [0.717, 1.165) is 72.1 Å². The maximum absolute atomic E-state index is 10.3. The van der Waals surface area contributed by atoms with Crippen molar-refractivity contribution in [1.82, 2.24) is 4.57 Å². The van der Waals surface area contributed by atoms with Gasteiger partial charge in [-0.05, 0) is 66.6 Å². The quantitative estimate of drug-likeness (QED) is 0.214. The predicted octanol–water partition coefficient (Wildman–Crippen LogP) is 9.68. The average molecular weight is 552 g/mol. The highest BCUT2D eigenvalue weighted by Crippen LogP contribution is 2.44. The molecule has 1 aliphatic rings. The van der Waals surface area contributed by atoms with Gasteiger partial charge in [-0.25, -0.2) is 0 Å². The molecule has 0 spiro atoms. The van der Waals surface area contributed by atoms with E-state index >= 15 is 0 Å². The van der Waals surface area contributed by atoms with Gasteiger partial charge in [0.25, 0.3) is 0 Å². The van der Waals surface area contributed by atoms with Crippen LogP contribution in [-0.2, 0) is 6.42 Å². The second-order valence-corrected chi connectivity index (χ2v) is 11.0. The van der Waals surface area contributed by atoms with Crippen molar-refractivity contribution in [2.24, 2.45) is 5.92 Å². The standard InChI is InChI=1S/C38H21N3O2/c39-20-22-12-14-32-27(18-22)37-34(42-32)16-17-35-38(37)28-19-23(13-15-33(28)43-35)36-24(21-40)6-5-11-31(36)41-29-9-3-1-7-25(29)26-8-2-4-10-30(26)41/h1-17,19,22H,18H2. The SMILES string of the molecule is N#Cc1cccc(-n2c3ccccc3c3ccccc32)c1-c1ccc2oc3ccc4oc5c(c4c3c2c1)CC(C#N)C=C5. The second kappa shape index (κ2) is 8.73. The number of para-hydroxylation sites is 2. The van der Waals surface area contributed by atoms with Crippen LogP contribution in [0.5, 0.6) is 0 Å². The van der Waals surface area contributed by atoms with Crippen molar-refractivity contribution in [1.29, 1.82) is 10.5 Å². The number of rotatable bonds is 2. The smallest absolute Gasteiger partial charge is 0.136 e. The Balaban J connectivity index is 1.36. The number of hydrogen-bond donors (Lipinski definition) is 0. The largest absolute Gasteiger partial charge is 0.456 e. The molecule has 1 unspecified atom stereocenters. The lowest BCUT2D eigenvalue weighted by Gasteiger charge is -2.15. The molecule has 0 N–H and O–H groups in total. The zero-order valence-electron chi connectivity index (χ0n) is 22.8. The molecule has 1 atom stereocenters. The van der Waals surface area contributed by atoms with Crippen molar-refractivity contribution in [2.75, 3.05) is 0 Å². The number of furan rings is 2. The fourth-order valence-electron chi connectivity index (χ4n) is 6.92. The molecule has 0 amide bonds. The van der Waals surface area contributed by atoms with Crippen LogP contribution < -0.4 is 0 Å². The first-order chi connectivity index (χ1) is 21.2. The molecule has 5 heteroatoms. The Morgan fingerprint density at radius 2 is 1.42 bits per heavy atom. The van der Waals surface area contributed by atoms with Gasteiger partial charge in [0.05, 0.1) is 40.3 Å². The van der Waals surface area contributed by atoms with Crippen molar-refractivity contribution in [3.8, 4) is 29.0 Å². The highest BCUT2D eigenvalue weighted by molar-refractivity contribution is 6.20. The lowest BCUT2D eigenvalue weighted by atomic mass is 9.91. The molecule has 1 aliphatic carbocycles. The van der Waals surface area contributed by atoms with Gasteiger partial charge in [-0.1, -0.05) is 54.6 Å². The third-order valence-corrected chi connectivity index (χ3v) is 8.76. The van der Waals surface area contributed by atoms with Crippen LogP contribution in [-0.4, -0.2) is 4.57 Å². The first-order valence-corrected chi connectivity index (χ1v) is 14.2. The number of allylic oxidation sites excluding steroid dienone is 1. The molecular weight excluding hydrogens is 530 g/mol. The molecule has 0 radical (unpaired) electrons. The Kier molecular flexibility index (Phi) is 4.80. The first kappa shape index (κ1) is 23.6. The normalized spacial score (nSPS) is 14.5. The average Bonchev–Trinajstić information content (AvgIpc) is 3.72. The van der Waals surface area contributed by atoms with Crippen LogP contribution >= 0.6 is 0 Å². The lowest BCUT2D eigenvalue weighted by Crippen LogP contribution is -2.02. The van der Waals surface area contributed by atoms with Crippen LogP contribution in [0.1, 0.15) is 16.9 Å². The minimum Gasteiger partial charge on any atom is -0.456 e. The van der Waals surface area contributed by atoms with Gasteiger partial charge in [-0.3, -0.25) is 0 Å². The molecule has 200 valence electrons. The molecule has 9 rings (SSSR count). The summed E-state index contributed by atoms with van der Waals surface area (Å²) in [7, 11) is 0. The molecule has 3 heterocycles. The molecule has 5 aromatic carbocycles. The molecular formula is C38H21N3O2. The summed E-state index contributed by atoms with van der Waals surface area (Å²) < 4.78 is 14.8. The minimum atomic E-state index is -0.200. The topological polar surface area (TPSA) is 78.8 Å². The van der Waals surface area contributed by atoms with Crippen molar-refractivity contribution >= 4 is 60.8 Å². The van der Waals surface area contributed by atoms with Crippen LogP contribution in [0.3, 0.4) is 0 Å². The summed E-state index contributed by atoms with van der Waals surface area (Å²) in [6, 6.07) is 37.6. The zero-order valence-corrected chi connectivity index (χ0v) is 22.8. The van der Waals surface area contributed by atoms with Crippen molar-refractivity contribution in [3.05, 3.63) is 120 Å². The van der Waals surface area contributed by atoms with E-state index in [0.29, 0.717) is 12.0 Å². The van der Waals surface area contributed by atoms with E-state index in [1.165, 1.54) is 10.8 Å². The third kappa shape index (κ3) is 3.25. The van der Waals surface area contributed by atoms with Crippen LogP contribution in [0.4, 0.5) is 0 Å². The molecule has 3 aromatic heterocycles. The highest BCUT2D eigenvalue weighted by atomic mass is 16.3. The number of nitrogens with zero attached hydrogens (tertiary/aromatic N) is 3. The van der Waals surface area contributed by atoms with E-state index in [-0.39, 0.29) is 5.92 Å². The lowest BCUT2D eigenvalue weighted by molar-refractivity contribution is 0.590. The summed E-state index contributed by atoms with van der Waals surface area (Å²) in [5.74, 6) is 0.594. The fraction of sp³-hybridized carbons (Fsp3) is 0.0526. The number of fused-ring (bicyclic) bond motifs is 10. The number of benzene rings is 5. The van der Waals surface area contributed by atoms with Gasteiger partial charge in [0, 0.05) is 38.1 Å². The Labute approximate surface area is 245 Å². The summed E-state index contributed by atoms with van der Waals surface area (Å²) in [6.07, 6.45) is 4.41. The van der Waals surface area contributed by atoms with Gasteiger partial charge in [-0.2, -0.15) is 10.5 Å². The maximum Gasteiger partial charge on any atom is 0.136 e. The Morgan fingerprint density at radius 3 is 2.16 bits per heavy atom. The zero-order chi connectivity index (χ0) is 28.7. The first-order valence-electron chi connectivity index (χ1n) is 14.2. The van der Waals surface area contributed by atoms with E-state index < -0.39 is 0 Å². The highest BCUT2D eigenvalue weighted by Gasteiger charge is 2.25. The van der Waals surface area contributed by atoms with Crippen molar-refractivity contribution in [3.63, 3.8) is 0 Å². The maximum atomic E-state index is 10.3. The van der Waals surface area contributed by atoms with E-state index in [4.69, 9.17) is 8.83 Å². The van der Waals surface area contributed by atoms with Gasteiger partial charge < -0.3 is 13.4 Å². The molecule has 0 fully saturated rings. The molecule has 0 bridgehead atoms. The third-order valence-electron chi connectivity index (χ3n) is 8.76. The van der Waals surface area contributed by atoms with E-state index in [1.54, 1.807) is 0 Å². The minimum absolute atomic E-state index is 0.200. The second-order valence-electron chi connectivity index (χ2n) is 11.0. The van der Waals surface area contributed by atoms with Crippen LogP contribution in [0.15, 0.2) is 112 Å². The van der Waals surface area contributed by atoms with Gasteiger partial charge >= 0.3 is 0 Å². The summed E-state index contributed by atoms with van der Waals surface area (Å²) in [4.78, 5) is 0. The molecule has 5 nitrogen and oxygen atoms in total. The molecule has 43 heavy (non-hydrogen) atoms. The van der Waals surface area contributed by atoms with Crippen molar-refractivity contribution in [2.45, 2.75) is 6.42 Å². The van der Waals surface area contributed by atoms with E-state index in [2.05, 4.69) is 77.4 Å². The molecule has 8 aromatic rings. The Hall–Kier alpha value is -6.04. The van der Waals surface area contributed by atoms with Gasteiger partial charge in [0.15, 0.2) is 0 Å². The van der Waals surface area contributed by atoms with Crippen LogP contribution in [0.25, 0.3) is 77.6 Å². The number of hydrogen-bond acceptors (Lipinski definition) is 4. The molecule has 0 saturated carbocycles. The predicted molar refractivity (Wildman–Crippen MR) is 170 cm³/mol. The van der Waals surface area contributed by atoms with Gasteiger partial charge in [0.2, 0.25) is 0 Å². The van der Waals surface area contributed by atoms with Gasteiger partial charge in [0.1, 0.15) is 22.5 Å². The number of nitriles is 2. The Morgan fingerprint density at radius 1 is 0.698 bits per heavy atom. The summed E-state index contributed by atoms with van der Waals surface area (Å²) in [6.45, 7) is 0. The Bertz CT molecular complexity index is 2530. The molecule has 0 aliphatic heterocycles. The summed E-state index contributed by atoms with van der Waals surface area (Å²) in [5, 5.41) is 25.2. The van der Waals surface area contributed by atoms with E-state index in [1.807, 2.05) is 48.6 Å². The molecule has 0 saturated heterocycles. The van der Waals surface area contributed by atoms with Crippen molar-refractivity contribution < 1.29 is 8.83 Å². The monoisotopic (exact) mass is 551 g/mol. The van der Waals surface area contributed by atoms with Crippen LogP contribution in [0.2, 0.25) is 0 Å². The van der Waals surface area contributed by atoms with E-state index in [9.17, 15) is 10.5 Å². The number of aromatic nitrogens is 1. The van der Waals surface area contributed by atoms with Crippen LogP contribution in [0, 0.1) is 28.6 Å².